The van der Waals surface area contributed by atoms with E-state index in [1.54, 1.807) is 23.1 Å². The zero-order valence-corrected chi connectivity index (χ0v) is 18.8. The summed E-state index contributed by atoms with van der Waals surface area (Å²) in [4.78, 5) is 20.5. The lowest BCUT2D eigenvalue weighted by atomic mass is 10.1. The number of halogens is 4. The number of aromatic nitrogens is 2. The van der Waals surface area contributed by atoms with Gasteiger partial charge in [-0.3, -0.25) is 9.69 Å². The van der Waals surface area contributed by atoms with Crippen LogP contribution in [0.2, 0.25) is 0 Å². The van der Waals surface area contributed by atoms with Crippen molar-refractivity contribution in [2.75, 3.05) is 32.8 Å². The minimum Gasteiger partial charge on any atom is -0.491 e. The van der Waals surface area contributed by atoms with Gasteiger partial charge in [-0.15, -0.1) is 0 Å². The fourth-order valence-electron chi connectivity index (χ4n) is 3.74. The Morgan fingerprint density at radius 1 is 1.06 bits per heavy atom. The number of ether oxygens (including phenoxy) is 1. The van der Waals surface area contributed by atoms with Gasteiger partial charge in [0.15, 0.2) is 11.6 Å². The van der Waals surface area contributed by atoms with Crippen LogP contribution in [0.1, 0.15) is 24.3 Å². The summed E-state index contributed by atoms with van der Waals surface area (Å²) in [7, 11) is 0. The second kappa shape index (κ2) is 10.9. The zero-order valence-electron chi connectivity index (χ0n) is 18.8. The first-order valence-corrected chi connectivity index (χ1v) is 11.2. The molecule has 1 aromatic heterocycles. The van der Waals surface area contributed by atoms with Crippen molar-refractivity contribution in [1.82, 2.24) is 19.9 Å². The maximum Gasteiger partial charge on any atom is 0.416 e. The average molecular weight is 492 g/mol. The Labute approximate surface area is 199 Å². The normalized spacial score (nSPS) is 14.8. The fourth-order valence-corrected chi connectivity index (χ4v) is 3.74. The van der Waals surface area contributed by atoms with Crippen LogP contribution in [-0.4, -0.2) is 58.6 Å². The van der Waals surface area contributed by atoms with Gasteiger partial charge < -0.3 is 14.2 Å². The van der Waals surface area contributed by atoms with E-state index >= 15 is 0 Å². The molecule has 2 aromatic carbocycles. The van der Waals surface area contributed by atoms with E-state index in [-0.39, 0.29) is 29.7 Å². The average Bonchev–Trinajstić information content (AvgIpc) is 3.31. The number of para-hydroxylation sites is 1. The monoisotopic (exact) mass is 492 g/mol. The molecule has 0 unspecified atom stereocenters. The highest BCUT2D eigenvalue weighted by Gasteiger charge is 2.31. The molecule has 0 radical (unpaired) electrons. The summed E-state index contributed by atoms with van der Waals surface area (Å²) >= 11 is 0. The second-order valence-electron chi connectivity index (χ2n) is 8.13. The number of hydrogen-bond donors (Lipinski definition) is 0. The molecule has 1 fully saturated rings. The van der Waals surface area contributed by atoms with Gasteiger partial charge in [-0.2, -0.15) is 18.2 Å². The van der Waals surface area contributed by atoms with Gasteiger partial charge in [-0.05, 0) is 30.7 Å². The van der Waals surface area contributed by atoms with Gasteiger partial charge in [0, 0.05) is 38.2 Å². The van der Waals surface area contributed by atoms with Crippen LogP contribution in [0.5, 0.6) is 5.75 Å². The lowest BCUT2D eigenvalue weighted by molar-refractivity contribution is -0.137. The topological polar surface area (TPSA) is 71.7 Å². The van der Waals surface area contributed by atoms with E-state index in [0.717, 1.165) is 12.1 Å². The summed E-state index contributed by atoms with van der Waals surface area (Å²) in [5, 5.41) is 3.81. The van der Waals surface area contributed by atoms with Crippen molar-refractivity contribution >= 4 is 5.91 Å². The Hall–Kier alpha value is -3.47. The highest BCUT2D eigenvalue weighted by molar-refractivity contribution is 5.76. The van der Waals surface area contributed by atoms with Crippen molar-refractivity contribution in [1.29, 1.82) is 0 Å². The van der Waals surface area contributed by atoms with Crippen LogP contribution in [0.25, 0.3) is 11.4 Å². The minimum absolute atomic E-state index is 0.00593. The van der Waals surface area contributed by atoms with Crippen molar-refractivity contribution in [3.05, 3.63) is 65.8 Å². The van der Waals surface area contributed by atoms with E-state index in [9.17, 15) is 22.4 Å². The molecule has 0 saturated carbocycles. The van der Waals surface area contributed by atoms with Crippen molar-refractivity contribution in [3.63, 3.8) is 0 Å². The van der Waals surface area contributed by atoms with Crippen molar-refractivity contribution in [3.8, 4) is 17.1 Å². The van der Waals surface area contributed by atoms with Gasteiger partial charge >= 0.3 is 6.18 Å². The molecule has 4 rings (SSSR count). The van der Waals surface area contributed by atoms with Crippen LogP contribution in [0.15, 0.2) is 53.1 Å². The molecule has 186 valence electrons. The standard InChI is InChI=1S/C24H24F4N4O3/c25-19-7-1-2-8-20(19)34-14-4-9-22(33)32-12-10-31(11-13-32)16-21-29-23(30-35-21)17-5-3-6-18(15-17)24(26,27)28/h1-3,5-8,15H,4,9-14,16H2. The van der Waals surface area contributed by atoms with Crippen LogP contribution >= 0.6 is 0 Å². The molecule has 0 spiro atoms. The fraction of sp³-hybridized carbons (Fsp3) is 0.375. The van der Waals surface area contributed by atoms with Crippen molar-refractivity contribution in [2.45, 2.75) is 25.6 Å². The van der Waals surface area contributed by atoms with Crippen LogP contribution in [0, 0.1) is 5.82 Å². The second-order valence-corrected chi connectivity index (χ2v) is 8.13. The molecule has 35 heavy (non-hydrogen) atoms. The van der Waals surface area contributed by atoms with Crippen LogP contribution in [0.3, 0.4) is 0 Å². The molecular formula is C24H24F4N4O3. The lowest BCUT2D eigenvalue weighted by Crippen LogP contribution is -2.48. The number of hydrogen-bond acceptors (Lipinski definition) is 6. The Morgan fingerprint density at radius 2 is 1.83 bits per heavy atom. The largest absolute Gasteiger partial charge is 0.491 e. The molecule has 1 saturated heterocycles. The first-order chi connectivity index (χ1) is 16.8. The molecule has 2 heterocycles. The predicted octanol–water partition coefficient (Wildman–Crippen LogP) is 4.40. The summed E-state index contributed by atoms with van der Waals surface area (Å²) < 4.78 is 63.0. The summed E-state index contributed by atoms with van der Waals surface area (Å²) in [6, 6.07) is 10.9. The summed E-state index contributed by atoms with van der Waals surface area (Å²) in [5.74, 6) is 0.135. The summed E-state index contributed by atoms with van der Waals surface area (Å²) in [6.07, 6.45) is -3.67. The first-order valence-electron chi connectivity index (χ1n) is 11.2. The van der Waals surface area contributed by atoms with E-state index < -0.39 is 17.6 Å². The number of amides is 1. The van der Waals surface area contributed by atoms with Gasteiger partial charge in [0.05, 0.1) is 18.7 Å². The third kappa shape index (κ3) is 6.56. The molecule has 7 nitrogen and oxygen atoms in total. The smallest absolute Gasteiger partial charge is 0.416 e. The third-order valence-corrected chi connectivity index (χ3v) is 5.63. The van der Waals surface area contributed by atoms with E-state index in [1.165, 1.54) is 18.2 Å². The Morgan fingerprint density at radius 3 is 2.57 bits per heavy atom. The van der Waals surface area contributed by atoms with Crippen LogP contribution in [-0.2, 0) is 17.5 Å². The van der Waals surface area contributed by atoms with E-state index in [4.69, 9.17) is 9.26 Å². The van der Waals surface area contributed by atoms with Gasteiger partial charge in [0.2, 0.25) is 17.6 Å². The molecule has 1 aliphatic heterocycles. The van der Waals surface area contributed by atoms with Crippen LogP contribution < -0.4 is 4.74 Å². The van der Waals surface area contributed by atoms with Crippen LogP contribution in [0.4, 0.5) is 17.6 Å². The van der Waals surface area contributed by atoms with Crippen molar-refractivity contribution in [2.24, 2.45) is 0 Å². The van der Waals surface area contributed by atoms with E-state index in [1.807, 2.05) is 4.90 Å². The molecule has 1 amide bonds. The number of carbonyl (C=O) groups is 1. The first kappa shape index (κ1) is 24.6. The highest BCUT2D eigenvalue weighted by atomic mass is 19.4. The Kier molecular flexibility index (Phi) is 7.64. The molecular weight excluding hydrogens is 468 g/mol. The number of rotatable bonds is 8. The Balaban J connectivity index is 1.21. The summed E-state index contributed by atoms with van der Waals surface area (Å²) in [6.45, 7) is 2.84. The van der Waals surface area contributed by atoms with Crippen molar-refractivity contribution < 1.29 is 31.6 Å². The summed E-state index contributed by atoms with van der Waals surface area (Å²) in [5.41, 5.74) is -0.551. The number of piperazine rings is 1. The maximum atomic E-state index is 13.5. The predicted molar refractivity (Wildman–Crippen MR) is 118 cm³/mol. The number of carbonyl (C=O) groups excluding carboxylic acids is 1. The number of benzene rings is 2. The molecule has 0 aliphatic carbocycles. The number of alkyl halides is 3. The SMILES string of the molecule is O=C(CCCOc1ccccc1F)N1CCN(Cc2nc(-c3cccc(C(F)(F)F)c3)no2)CC1. The minimum atomic E-state index is -4.45. The Bertz CT molecular complexity index is 1140. The lowest BCUT2D eigenvalue weighted by Gasteiger charge is -2.34. The molecule has 3 aromatic rings. The van der Waals surface area contributed by atoms with Gasteiger partial charge in [-0.1, -0.05) is 29.4 Å². The molecule has 0 N–H and O–H groups in total. The van der Waals surface area contributed by atoms with Gasteiger partial charge in [0.25, 0.3) is 0 Å². The van der Waals surface area contributed by atoms with E-state index in [2.05, 4.69) is 10.1 Å². The third-order valence-electron chi connectivity index (χ3n) is 5.63. The quantitative estimate of drug-likeness (QED) is 0.343. The van der Waals surface area contributed by atoms with Gasteiger partial charge in [0.1, 0.15) is 0 Å². The molecule has 11 heteroatoms. The maximum absolute atomic E-state index is 13.5. The highest BCUT2D eigenvalue weighted by Crippen LogP contribution is 2.31. The van der Waals surface area contributed by atoms with E-state index in [0.29, 0.717) is 51.5 Å². The number of nitrogens with zero attached hydrogens (tertiary/aromatic N) is 4. The van der Waals surface area contributed by atoms with Gasteiger partial charge in [-0.25, -0.2) is 4.39 Å². The molecule has 0 atom stereocenters. The molecule has 1 aliphatic rings. The zero-order chi connectivity index (χ0) is 24.8. The molecule has 0 bridgehead atoms.